The van der Waals surface area contributed by atoms with E-state index in [2.05, 4.69) is 17.2 Å². The number of aromatic carboxylic acids is 1. The van der Waals surface area contributed by atoms with Gasteiger partial charge in [0.2, 0.25) is 0 Å². The average molecular weight is 294 g/mol. The van der Waals surface area contributed by atoms with Gasteiger partial charge in [0.1, 0.15) is 5.82 Å². The van der Waals surface area contributed by atoms with Crippen LogP contribution in [0.15, 0.2) is 12.1 Å². The monoisotopic (exact) mass is 294 g/mol. The Kier molecular flexibility index (Phi) is 7.15. The molecule has 5 nitrogen and oxygen atoms in total. The van der Waals surface area contributed by atoms with E-state index < -0.39 is 5.97 Å². The Morgan fingerprint density at radius 3 is 2.57 bits per heavy atom. The molecule has 1 atom stereocenters. The number of nitrogens with one attached hydrogen (secondary N) is 1. The molecule has 1 aromatic rings. The smallest absolute Gasteiger partial charge is 0.335 e. The number of nitrogens with zero attached hydrogens (tertiary/aromatic N) is 1. The predicted molar refractivity (Wildman–Crippen MR) is 83.9 cm³/mol. The SMILES string of the molecule is CCCC(CCO)CNc1cc(C(=O)O)cc(C(C)C)n1. The van der Waals surface area contributed by atoms with Crippen LogP contribution in [0.2, 0.25) is 0 Å². The number of hydrogen-bond donors (Lipinski definition) is 3. The highest BCUT2D eigenvalue weighted by molar-refractivity contribution is 5.88. The lowest BCUT2D eigenvalue weighted by molar-refractivity contribution is 0.0696. The molecule has 21 heavy (non-hydrogen) atoms. The van der Waals surface area contributed by atoms with Crippen molar-refractivity contribution in [2.45, 2.75) is 46.0 Å². The van der Waals surface area contributed by atoms with Gasteiger partial charge >= 0.3 is 5.97 Å². The molecule has 0 aliphatic carbocycles. The molecule has 5 heteroatoms. The summed E-state index contributed by atoms with van der Waals surface area (Å²) in [6.07, 6.45) is 2.84. The van der Waals surface area contributed by atoms with E-state index >= 15 is 0 Å². The van der Waals surface area contributed by atoms with E-state index in [0.717, 1.165) is 25.0 Å². The number of aromatic nitrogens is 1. The number of rotatable bonds is 9. The molecule has 0 aliphatic rings. The standard InChI is InChI=1S/C16H26N2O3/c1-4-5-12(6-7-19)10-17-15-9-13(16(20)21)8-14(18-15)11(2)3/h8-9,11-12,19H,4-7,10H2,1-3H3,(H,17,18)(H,20,21). The number of carboxylic acid groups (broad SMARTS) is 1. The molecular formula is C16H26N2O3. The summed E-state index contributed by atoms with van der Waals surface area (Å²) in [4.78, 5) is 15.7. The van der Waals surface area contributed by atoms with Crippen LogP contribution < -0.4 is 5.32 Å². The van der Waals surface area contributed by atoms with Gasteiger partial charge in [0.15, 0.2) is 0 Å². The fraction of sp³-hybridized carbons (Fsp3) is 0.625. The highest BCUT2D eigenvalue weighted by Crippen LogP contribution is 2.19. The largest absolute Gasteiger partial charge is 0.478 e. The molecule has 3 N–H and O–H groups in total. The van der Waals surface area contributed by atoms with E-state index in [9.17, 15) is 9.90 Å². The summed E-state index contributed by atoms with van der Waals surface area (Å²) in [5.74, 6) is 0.201. The second kappa shape index (κ2) is 8.62. The van der Waals surface area contributed by atoms with Gasteiger partial charge in [-0.1, -0.05) is 27.2 Å². The van der Waals surface area contributed by atoms with Gasteiger partial charge in [-0.3, -0.25) is 0 Å². The summed E-state index contributed by atoms with van der Waals surface area (Å²) in [5, 5.41) is 21.5. The Morgan fingerprint density at radius 1 is 1.33 bits per heavy atom. The number of hydrogen-bond acceptors (Lipinski definition) is 4. The summed E-state index contributed by atoms with van der Waals surface area (Å²) in [6, 6.07) is 3.19. The number of carboxylic acids is 1. The number of pyridine rings is 1. The van der Waals surface area contributed by atoms with Gasteiger partial charge < -0.3 is 15.5 Å². The van der Waals surface area contributed by atoms with Crippen LogP contribution in [0.3, 0.4) is 0 Å². The maximum Gasteiger partial charge on any atom is 0.335 e. The van der Waals surface area contributed by atoms with E-state index in [1.54, 1.807) is 12.1 Å². The average Bonchev–Trinajstić information content (AvgIpc) is 2.44. The quantitative estimate of drug-likeness (QED) is 0.652. The summed E-state index contributed by atoms with van der Waals surface area (Å²) < 4.78 is 0. The van der Waals surface area contributed by atoms with Crippen LogP contribution in [0, 0.1) is 5.92 Å². The summed E-state index contributed by atoms with van der Waals surface area (Å²) in [6.45, 7) is 6.96. The molecule has 1 unspecified atom stereocenters. The Balaban J connectivity index is 2.83. The fourth-order valence-corrected chi connectivity index (χ4v) is 2.25. The third-order valence-corrected chi connectivity index (χ3v) is 3.49. The molecule has 0 fully saturated rings. The molecule has 0 aliphatic heterocycles. The van der Waals surface area contributed by atoms with Gasteiger partial charge in [-0.2, -0.15) is 0 Å². The zero-order valence-corrected chi connectivity index (χ0v) is 13.1. The molecule has 1 aromatic heterocycles. The molecule has 0 bridgehead atoms. The highest BCUT2D eigenvalue weighted by Gasteiger charge is 2.12. The van der Waals surface area contributed by atoms with Gasteiger partial charge in [0.05, 0.1) is 5.56 Å². The first-order chi connectivity index (χ1) is 9.97. The molecular weight excluding hydrogens is 268 g/mol. The van der Waals surface area contributed by atoms with Crippen molar-refractivity contribution in [3.05, 3.63) is 23.4 Å². The maximum absolute atomic E-state index is 11.2. The molecule has 0 spiro atoms. The molecule has 1 heterocycles. The third-order valence-electron chi connectivity index (χ3n) is 3.49. The second-order valence-corrected chi connectivity index (χ2v) is 5.67. The van der Waals surface area contributed by atoms with E-state index in [0.29, 0.717) is 18.3 Å². The van der Waals surface area contributed by atoms with E-state index in [1.165, 1.54) is 0 Å². The lowest BCUT2D eigenvalue weighted by Gasteiger charge is -2.17. The minimum Gasteiger partial charge on any atom is -0.478 e. The fourth-order valence-electron chi connectivity index (χ4n) is 2.25. The first-order valence-electron chi connectivity index (χ1n) is 7.57. The van der Waals surface area contributed by atoms with Gasteiger partial charge in [-0.15, -0.1) is 0 Å². The first-order valence-corrected chi connectivity index (χ1v) is 7.57. The maximum atomic E-state index is 11.2. The van der Waals surface area contributed by atoms with Crippen LogP contribution in [0.1, 0.15) is 62.0 Å². The van der Waals surface area contributed by atoms with Crippen molar-refractivity contribution < 1.29 is 15.0 Å². The van der Waals surface area contributed by atoms with E-state index in [-0.39, 0.29) is 18.1 Å². The lowest BCUT2D eigenvalue weighted by Crippen LogP contribution is -2.17. The van der Waals surface area contributed by atoms with Crippen LogP contribution in [0.4, 0.5) is 5.82 Å². The van der Waals surface area contributed by atoms with Gasteiger partial charge in [0, 0.05) is 18.8 Å². The zero-order valence-electron chi connectivity index (χ0n) is 13.1. The summed E-state index contributed by atoms with van der Waals surface area (Å²) in [5.41, 5.74) is 1.02. The summed E-state index contributed by atoms with van der Waals surface area (Å²) >= 11 is 0. The number of aliphatic hydroxyl groups excluding tert-OH is 1. The van der Waals surface area contributed by atoms with Crippen LogP contribution in [-0.4, -0.2) is 34.3 Å². The lowest BCUT2D eigenvalue weighted by atomic mass is 10.0. The van der Waals surface area contributed by atoms with Crippen molar-refractivity contribution in [3.63, 3.8) is 0 Å². The molecule has 118 valence electrons. The second-order valence-electron chi connectivity index (χ2n) is 5.67. The molecule has 0 saturated carbocycles. The predicted octanol–water partition coefficient (Wildman–Crippen LogP) is 3.11. The van der Waals surface area contributed by atoms with E-state index in [1.807, 2.05) is 13.8 Å². The van der Waals surface area contributed by atoms with Crippen molar-refractivity contribution in [1.82, 2.24) is 4.98 Å². The van der Waals surface area contributed by atoms with Crippen LogP contribution in [0.25, 0.3) is 0 Å². The number of carbonyl (C=O) groups is 1. The third kappa shape index (κ3) is 5.71. The van der Waals surface area contributed by atoms with Crippen molar-refractivity contribution in [1.29, 1.82) is 0 Å². The van der Waals surface area contributed by atoms with Crippen LogP contribution in [0.5, 0.6) is 0 Å². The molecule has 1 rings (SSSR count). The minimum absolute atomic E-state index is 0.173. The first kappa shape index (κ1) is 17.4. The van der Waals surface area contributed by atoms with Gasteiger partial charge in [-0.25, -0.2) is 9.78 Å². The van der Waals surface area contributed by atoms with Crippen LogP contribution >= 0.6 is 0 Å². The van der Waals surface area contributed by atoms with Crippen molar-refractivity contribution in [2.75, 3.05) is 18.5 Å². The van der Waals surface area contributed by atoms with Gasteiger partial charge in [-0.05, 0) is 36.8 Å². The number of anilines is 1. The summed E-state index contributed by atoms with van der Waals surface area (Å²) in [7, 11) is 0. The molecule has 0 amide bonds. The molecule has 0 saturated heterocycles. The Labute approximate surface area is 126 Å². The Bertz CT molecular complexity index is 455. The van der Waals surface area contributed by atoms with Crippen molar-refractivity contribution >= 4 is 11.8 Å². The molecule has 0 radical (unpaired) electrons. The number of aliphatic hydroxyl groups is 1. The van der Waals surface area contributed by atoms with Crippen LogP contribution in [-0.2, 0) is 0 Å². The van der Waals surface area contributed by atoms with Gasteiger partial charge in [0.25, 0.3) is 0 Å². The van der Waals surface area contributed by atoms with E-state index in [4.69, 9.17) is 5.11 Å². The van der Waals surface area contributed by atoms with Crippen molar-refractivity contribution in [2.24, 2.45) is 5.92 Å². The minimum atomic E-state index is -0.942. The Hall–Kier alpha value is -1.62. The highest BCUT2D eigenvalue weighted by atomic mass is 16.4. The Morgan fingerprint density at radius 2 is 2.05 bits per heavy atom. The zero-order chi connectivity index (χ0) is 15.8. The molecule has 0 aromatic carbocycles. The van der Waals surface area contributed by atoms with Crippen molar-refractivity contribution in [3.8, 4) is 0 Å². The topological polar surface area (TPSA) is 82.5 Å². The normalized spacial score (nSPS) is 12.4.